The van der Waals surface area contributed by atoms with Gasteiger partial charge < -0.3 is 9.88 Å². The van der Waals surface area contributed by atoms with Crippen molar-refractivity contribution in [2.75, 3.05) is 5.32 Å². The summed E-state index contributed by atoms with van der Waals surface area (Å²) < 4.78 is 3.38. The fraction of sp³-hybridized carbons (Fsp3) is 0.417. The standard InChI is InChI=1S/C12H14BrN3S/c1-8-6-16(7-11-10(13)4-5-17-11)12(14-8)15-9-2-3-9/h4-6,9H,2-3,7H2,1H3,(H,14,15). The lowest BCUT2D eigenvalue weighted by molar-refractivity contribution is 0.805. The number of hydrogen-bond donors (Lipinski definition) is 1. The van der Waals surface area contributed by atoms with Gasteiger partial charge in [0.15, 0.2) is 0 Å². The summed E-state index contributed by atoms with van der Waals surface area (Å²) in [6.45, 7) is 2.92. The highest BCUT2D eigenvalue weighted by atomic mass is 79.9. The highest BCUT2D eigenvalue weighted by molar-refractivity contribution is 9.10. The van der Waals surface area contributed by atoms with E-state index in [1.54, 1.807) is 11.3 Å². The Labute approximate surface area is 113 Å². The highest BCUT2D eigenvalue weighted by Crippen LogP contribution is 2.27. The molecule has 5 heteroatoms. The van der Waals surface area contributed by atoms with Gasteiger partial charge in [-0.15, -0.1) is 11.3 Å². The van der Waals surface area contributed by atoms with E-state index in [0.29, 0.717) is 6.04 Å². The smallest absolute Gasteiger partial charge is 0.203 e. The molecule has 0 amide bonds. The number of thiophene rings is 1. The second-order valence-electron chi connectivity index (χ2n) is 4.44. The molecule has 1 N–H and O–H groups in total. The summed E-state index contributed by atoms with van der Waals surface area (Å²) >= 11 is 5.35. The maximum atomic E-state index is 4.54. The number of imidazole rings is 1. The van der Waals surface area contributed by atoms with Crippen LogP contribution in [-0.2, 0) is 6.54 Å². The molecule has 1 fully saturated rings. The molecule has 3 rings (SSSR count). The first-order valence-corrected chi connectivity index (χ1v) is 7.42. The number of rotatable bonds is 4. The van der Waals surface area contributed by atoms with Gasteiger partial charge in [-0.05, 0) is 47.1 Å². The van der Waals surface area contributed by atoms with Crippen molar-refractivity contribution in [1.82, 2.24) is 9.55 Å². The topological polar surface area (TPSA) is 29.9 Å². The van der Waals surface area contributed by atoms with E-state index in [9.17, 15) is 0 Å². The van der Waals surface area contributed by atoms with Gasteiger partial charge in [0.2, 0.25) is 5.95 Å². The Morgan fingerprint density at radius 2 is 2.41 bits per heavy atom. The third-order valence-electron chi connectivity index (χ3n) is 2.81. The number of halogens is 1. The molecule has 3 nitrogen and oxygen atoms in total. The minimum atomic E-state index is 0.641. The third kappa shape index (κ3) is 2.55. The predicted molar refractivity (Wildman–Crippen MR) is 74.7 cm³/mol. The molecule has 17 heavy (non-hydrogen) atoms. The van der Waals surface area contributed by atoms with Crippen LogP contribution in [0.25, 0.3) is 0 Å². The van der Waals surface area contributed by atoms with Crippen LogP contribution in [0.4, 0.5) is 5.95 Å². The van der Waals surface area contributed by atoms with Gasteiger partial charge in [0.25, 0.3) is 0 Å². The molecule has 0 unspecified atom stereocenters. The molecular formula is C12H14BrN3S. The molecule has 1 saturated carbocycles. The minimum Gasteiger partial charge on any atom is -0.353 e. The van der Waals surface area contributed by atoms with Crippen LogP contribution < -0.4 is 5.32 Å². The lowest BCUT2D eigenvalue weighted by atomic mass is 10.4. The predicted octanol–water partition coefficient (Wildman–Crippen LogP) is 3.64. The first kappa shape index (κ1) is 11.3. The molecule has 0 saturated heterocycles. The van der Waals surface area contributed by atoms with E-state index in [2.05, 4.69) is 48.4 Å². The summed E-state index contributed by atoms with van der Waals surface area (Å²) in [5, 5.41) is 5.59. The molecule has 2 aromatic heterocycles. The van der Waals surface area contributed by atoms with Crippen molar-refractivity contribution in [3.63, 3.8) is 0 Å². The second kappa shape index (κ2) is 4.46. The Hall–Kier alpha value is -0.810. The van der Waals surface area contributed by atoms with Gasteiger partial charge in [0, 0.05) is 21.6 Å². The van der Waals surface area contributed by atoms with Gasteiger partial charge in [-0.2, -0.15) is 0 Å². The lowest BCUT2D eigenvalue weighted by Gasteiger charge is -2.08. The van der Waals surface area contributed by atoms with Crippen LogP contribution in [0.5, 0.6) is 0 Å². The molecule has 1 aliphatic rings. The number of aromatic nitrogens is 2. The summed E-state index contributed by atoms with van der Waals surface area (Å²) in [5.74, 6) is 1.00. The van der Waals surface area contributed by atoms with Crippen LogP contribution in [0.3, 0.4) is 0 Å². The Kier molecular flexibility index (Phi) is 2.96. The van der Waals surface area contributed by atoms with Crippen LogP contribution in [-0.4, -0.2) is 15.6 Å². The van der Waals surface area contributed by atoms with E-state index < -0.39 is 0 Å². The van der Waals surface area contributed by atoms with Crippen LogP contribution >= 0.6 is 27.3 Å². The lowest BCUT2D eigenvalue weighted by Crippen LogP contribution is -2.09. The molecule has 0 spiro atoms. The van der Waals surface area contributed by atoms with E-state index in [-0.39, 0.29) is 0 Å². The normalized spacial score (nSPS) is 15.2. The van der Waals surface area contributed by atoms with Crippen molar-refractivity contribution < 1.29 is 0 Å². The van der Waals surface area contributed by atoms with Gasteiger partial charge in [0.05, 0.1) is 12.2 Å². The summed E-state index contributed by atoms with van der Waals surface area (Å²) in [4.78, 5) is 5.88. The zero-order chi connectivity index (χ0) is 11.8. The Bertz CT molecular complexity index is 528. The van der Waals surface area contributed by atoms with E-state index in [1.807, 2.05) is 6.92 Å². The van der Waals surface area contributed by atoms with Crippen molar-refractivity contribution >= 4 is 33.2 Å². The van der Waals surface area contributed by atoms with Gasteiger partial charge in [-0.25, -0.2) is 4.98 Å². The maximum absolute atomic E-state index is 4.54. The SMILES string of the molecule is Cc1cn(Cc2sccc2Br)c(NC2CC2)n1. The molecule has 0 aliphatic heterocycles. The second-order valence-corrected chi connectivity index (χ2v) is 6.30. The summed E-state index contributed by atoms with van der Waals surface area (Å²) in [5.41, 5.74) is 1.07. The fourth-order valence-electron chi connectivity index (χ4n) is 1.79. The first-order valence-electron chi connectivity index (χ1n) is 5.74. The monoisotopic (exact) mass is 311 g/mol. The van der Waals surface area contributed by atoms with Crippen LogP contribution in [0.1, 0.15) is 23.4 Å². The molecular weight excluding hydrogens is 298 g/mol. The number of anilines is 1. The van der Waals surface area contributed by atoms with Gasteiger partial charge in [-0.1, -0.05) is 0 Å². The fourth-order valence-corrected chi connectivity index (χ4v) is 3.26. The van der Waals surface area contributed by atoms with E-state index in [0.717, 1.165) is 18.2 Å². The molecule has 0 atom stereocenters. The number of hydrogen-bond acceptors (Lipinski definition) is 3. The van der Waals surface area contributed by atoms with Gasteiger partial charge in [0.1, 0.15) is 0 Å². The molecule has 2 heterocycles. The minimum absolute atomic E-state index is 0.641. The molecule has 0 radical (unpaired) electrons. The quantitative estimate of drug-likeness (QED) is 0.934. The Morgan fingerprint density at radius 3 is 3.06 bits per heavy atom. The first-order chi connectivity index (χ1) is 8.22. The largest absolute Gasteiger partial charge is 0.353 e. The molecule has 0 aromatic carbocycles. The zero-order valence-corrected chi connectivity index (χ0v) is 12.0. The van der Waals surface area contributed by atoms with Crippen LogP contribution in [0, 0.1) is 6.92 Å². The van der Waals surface area contributed by atoms with Crippen molar-refractivity contribution in [2.45, 2.75) is 32.4 Å². The van der Waals surface area contributed by atoms with Gasteiger partial charge >= 0.3 is 0 Å². The third-order valence-corrected chi connectivity index (χ3v) is 4.72. The van der Waals surface area contributed by atoms with E-state index in [4.69, 9.17) is 0 Å². The highest BCUT2D eigenvalue weighted by Gasteiger charge is 2.23. The number of aryl methyl sites for hydroxylation is 1. The van der Waals surface area contributed by atoms with Crippen molar-refractivity contribution in [3.05, 3.63) is 32.7 Å². The number of nitrogens with zero attached hydrogens (tertiary/aromatic N) is 2. The summed E-state index contributed by atoms with van der Waals surface area (Å²) in [6.07, 6.45) is 4.65. The zero-order valence-electron chi connectivity index (χ0n) is 9.61. The van der Waals surface area contributed by atoms with Gasteiger partial charge in [-0.3, -0.25) is 0 Å². The van der Waals surface area contributed by atoms with Crippen molar-refractivity contribution in [2.24, 2.45) is 0 Å². The van der Waals surface area contributed by atoms with E-state index in [1.165, 1.54) is 22.2 Å². The molecule has 1 aliphatic carbocycles. The van der Waals surface area contributed by atoms with Crippen LogP contribution in [0.15, 0.2) is 22.1 Å². The molecule has 2 aromatic rings. The maximum Gasteiger partial charge on any atom is 0.203 e. The average molecular weight is 312 g/mol. The van der Waals surface area contributed by atoms with Crippen LogP contribution in [0.2, 0.25) is 0 Å². The Balaban J connectivity index is 1.83. The average Bonchev–Trinajstić information content (AvgIpc) is 2.91. The van der Waals surface area contributed by atoms with Crippen molar-refractivity contribution in [3.8, 4) is 0 Å². The summed E-state index contributed by atoms with van der Waals surface area (Å²) in [6, 6.07) is 2.74. The van der Waals surface area contributed by atoms with Crippen molar-refractivity contribution in [1.29, 1.82) is 0 Å². The molecule has 0 bridgehead atoms. The summed E-state index contributed by atoms with van der Waals surface area (Å²) in [7, 11) is 0. The van der Waals surface area contributed by atoms with E-state index >= 15 is 0 Å². The Morgan fingerprint density at radius 1 is 1.59 bits per heavy atom. The molecule has 90 valence electrons. The number of nitrogens with one attached hydrogen (secondary N) is 1.